The molecule has 0 aliphatic carbocycles. The zero-order chi connectivity index (χ0) is 20.7. The van der Waals surface area contributed by atoms with Gasteiger partial charge in [0, 0.05) is 24.6 Å². The number of ketones is 1. The lowest BCUT2D eigenvalue weighted by atomic mass is 10.0. The molecule has 1 aliphatic heterocycles. The second-order valence-electron chi connectivity index (χ2n) is 6.88. The Bertz CT molecular complexity index is 1240. The molecule has 0 bridgehead atoms. The van der Waals surface area contributed by atoms with Gasteiger partial charge in [0.25, 0.3) is 0 Å². The summed E-state index contributed by atoms with van der Waals surface area (Å²) < 4.78 is 1.32. The molecule has 1 amide bonds. The van der Waals surface area contributed by atoms with Crippen LogP contribution in [-0.4, -0.2) is 27.8 Å². The molecule has 4 rings (SSSR count). The Kier molecular flexibility index (Phi) is 4.54. The van der Waals surface area contributed by atoms with Crippen molar-refractivity contribution in [2.45, 2.75) is 26.4 Å². The first kappa shape index (κ1) is 18.7. The SMILES string of the molecule is CCC(=O)c1ccc2[nH]c(=O)c(=O)n3c2c1NCC3N(C(C)=O)c1ccccc1. The van der Waals surface area contributed by atoms with E-state index in [1.807, 2.05) is 6.07 Å². The van der Waals surface area contributed by atoms with Gasteiger partial charge in [0.1, 0.15) is 6.17 Å². The first-order valence-corrected chi connectivity index (χ1v) is 9.37. The van der Waals surface area contributed by atoms with Crippen LogP contribution in [0, 0.1) is 0 Å². The molecule has 1 aliphatic rings. The predicted octanol–water partition coefficient (Wildman–Crippen LogP) is 2.26. The molecule has 2 heterocycles. The molecule has 3 aromatic rings. The maximum absolute atomic E-state index is 12.9. The van der Waals surface area contributed by atoms with Crippen LogP contribution in [0.1, 0.15) is 36.8 Å². The van der Waals surface area contributed by atoms with Crippen molar-refractivity contribution in [2.75, 3.05) is 16.8 Å². The molecule has 8 nitrogen and oxygen atoms in total. The summed E-state index contributed by atoms with van der Waals surface area (Å²) in [5.41, 5.74) is 0.841. The number of H-pyrrole nitrogens is 1. The third-order valence-electron chi connectivity index (χ3n) is 5.13. The molecular formula is C21H20N4O4. The smallest absolute Gasteiger partial charge is 0.318 e. The average Bonchev–Trinajstić information content (AvgIpc) is 2.72. The highest BCUT2D eigenvalue weighted by atomic mass is 16.2. The third-order valence-corrected chi connectivity index (χ3v) is 5.13. The summed E-state index contributed by atoms with van der Waals surface area (Å²) >= 11 is 0. The number of carbonyl (C=O) groups excluding carboxylic acids is 2. The van der Waals surface area contributed by atoms with Gasteiger partial charge in [-0.3, -0.25) is 28.6 Å². The van der Waals surface area contributed by atoms with Crippen LogP contribution < -0.4 is 21.3 Å². The minimum Gasteiger partial charge on any atom is -0.379 e. The molecular weight excluding hydrogens is 372 g/mol. The molecule has 0 radical (unpaired) electrons. The molecule has 148 valence electrons. The van der Waals surface area contributed by atoms with Crippen molar-refractivity contribution in [2.24, 2.45) is 0 Å². The highest BCUT2D eigenvalue weighted by Crippen LogP contribution is 2.34. The predicted molar refractivity (Wildman–Crippen MR) is 111 cm³/mol. The Morgan fingerprint density at radius 3 is 2.52 bits per heavy atom. The van der Waals surface area contributed by atoms with Crippen LogP contribution in [0.2, 0.25) is 0 Å². The van der Waals surface area contributed by atoms with E-state index in [0.29, 0.717) is 34.4 Å². The summed E-state index contributed by atoms with van der Waals surface area (Å²) in [6.07, 6.45) is -0.451. The van der Waals surface area contributed by atoms with Gasteiger partial charge in [0.05, 0.1) is 23.3 Å². The molecule has 2 N–H and O–H groups in total. The number of aromatic nitrogens is 2. The maximum atomic E-state index is 12.9. The summed E-state index contributed by atoms with van der Waals surface area (Å²) in [6.45, 7) is 3.35. The normalized spacial score (nSPS) is 15.0. The van der Waals surface area contributed by atoms with Gasteiger partial charge < -0.3 is 10.3 Å². The fraction of sp³-hybridized carbons (Fsp3) is 0.238. The minimum absolute atomic E-state index is 0.0791. The lowest BCUT2D eigenvalue weighted by molar-refractivity contribution is -0.117. The average molecular weight is 392 g/mol. The number of amides is 1. The van der Waals surface area contributed by atoms with Crippen molar-refractivity contribution in [3.05, 3.63) is 68.7 Å². The Morgan fingerprint density at radius 1 is 1.14 bits per heavy atom. The van der Waals surface area contributed by atoms with Crippen LogP contribution in [0.4, 0.5) is 11.4 Å². The van der Waals surface area contributed by atoms with Gasteiger partial charge >= 0.3 is 11.1 Å². The maximum Gasteiger partial charge on any atom is 0.318 e. The first-order valence-electron chi connectivity index (χ1n) is 9.37. The largest absolute Gasteiger partial charge is 0.379 e. The summed E-state index contributed by atoms with van der Waals surface area (Å²) in [6, 6.07) is 12.2. The number of aromatic amines is 1. The number of rotatable bonds is 4. The van der Waals surface area contributed by atoms with Gasteiger partial charge in [-0.1, -0.05) is 25.1 Å². The fourth-order valence-corrected chi connectivity index (χ4v) is 3.86. The van der Waals surface area contributed by atoms with Crippen molar-refractivity contribution < 1.29 is 9.59 Å². The van der Waals surface area contributed by atoms with E-state index in [1.54, 1.807) is 43.3 Å². The highest BCUT2D eigenvalue weighted by Gasteiger charge is 2.32. The number of hydrogen-bond acceptors (Lipinski definition) is 5. The molecule has 1 unspecified atom stereocenters. The molecule has 0 spiro atoms. The second kappa shape index (κ2) is 7.05. The van der Waals surface area contributed by atoms with Crippen LogP contribution in [0.15, 0.2) is 52.1 Å². The molecule has 0 saturated heterocycles. The van der Waals surface area contributed by atoms with Crippen molar-refractivity contribution >= 4 is 34.1 Å². The summed E-state index contributed by atoms with van der Waals surface area (Å²) in [5.74, 6) is -0.350. The number of Topliss-reactive ketones (excluding diaryl/α,β-unsaturated/α-hetero) is 1. The number of para-hydroxylation sites is 1. The van der Waals surface area contributed by atoms with Gasteiger partial charge in [0.2, 0.25) is 5.91 Å². The van der Waals surface area contributed by atoms with Crippen molar-refractivity contribution in [1.29, 1.82) is 0 Å². The number of carbonyl (C=O) groups is 2. The van der Waals surface area contributed by atoms with Crippen molar-refractivity contribution in [3.63, 3.8) is 0 Å². The number of benzene rings is 2. The lowest BCUT2D eigenvalue weighted by Gasteiger charge is -2.37. The van der Waals surface area contributed by atoms with E-state index in [-0.39, 0.29) is 18.2 Å². The van der Waals surface area contributed by atoms with E-state index in [0.717, 1.165) is 0 Å². The Hall–Kier alpha value is -3.68. The molecule has 1 atom stereocenters. The van der Waals surface area contributed by atoms with Crippen LogP contribution in [-0.2, 0) is 4.79 Å². The van der Waals surface area contributed by atoms with Crippen LogP contribution in [0.5, 0.6) is 0 Å². The molecule has 29 heavy (non-hydrogen) atoms. The number of hydrogen-bond donors (Lipinski definition) is 2. The van der Waals surface area contributed by atoms with Gasteiger partial charge in [-0.2, -0.15) is 0 Å². The number of anilines is 2. The summed E-state index contributed by atoms with van der Waals surface area (Å²) in [5, 5.41) is 3.22. The minimum atomic E-state index is -0.776. The fourth-order valence-electron chi connectivity index (χ4n) is 3.86. The van der Waals surface area contributed by atoms with Crippen LogP contribution >= 0.6 is 0 Å². The summed E-state index contributed by atoms with van der Waals surface area (Å²) in [4.78, 5) is 54.2. The monoisotopic (exact) mass is 392 g/mol. The van der Waals surface area contributed by atoms with E-state index in [9.17, 15) is 19.2 Å². The van der Waals surface area contributed by atoms with E-state index in [2.05, 4.69) is 10.3 Å². The van der Waals surface area contributed by atoms with E-state index in [1.165, 1.54) is 16.4 Å². The van der Waals surface area contributed by atoms with E-state index >= 15 is 0 Å². The molecule has 1 aromatic heterocycles. The van der Waals surface area contributed by atoms with E-state index in [4.69, 9.17) is 0 Å². The van der Waals surface area contributed by atoms with Crippen LogP contribution in [0.25, 0.3) is 11.0 Å². The van der Waals surface area contributed by atoms with Gasteiger partial charge in [-0.25, -0.2) is 0 Å². The first-order chi connectivity index (χ1) is 13.9. The molecule has 2 aromatic carbocycles. The molecule has 8 heteroatoms. The van der Waals surface area contributed by atoms with Crippen LogP contribution in [0.3, 0.4) is 0 Å². The van der Waals surface area contributed by atoms with E-state index < -0.39 is 17.3 Å². The Labute approximate surface area is 165 Å². The second-order valence-corrected chi connectivity index (χ2v) is 6.88. The Morgan fingerprint density at radius 2 is 1.86 bits per heavy atom. The topological polar surface area (TPSA) is 104 Å². The quantitative estimate of drug-likeness (QED) is 0.524. The summed E-state index contributed by atoms with van der Waals surface area (Å²) in [7, 11) is 0. The Balaban J connectivity index is 2.04. The standard InChI is InChI=1S/C21H20N4O4/c1-3-16(27)14-9-10-15-19-18(14)22-11-17(25(19)21(29)20(28)23-15)24(12(2)26)13-7-5-4-6-8-13/h4-10,17,22H,3,11H2,1-2H3,(H,23,28). The number of nitrogens with one attached hydrogen (secondary N) is 2. The van der Waals surface area contributed by atoms with Crippen molar-refractivity contribution in [3.8, 4) is 0 Å². The van der Waals surface area contributed by atoms with Gasteiger partial charge in [-0.15, -0.1) is 0 Å². The van der Waals surface area contributed by atoms with Gasteiger partial charge in [0.15, 0.2) is 5.78 Å². The molecule has 0 saturated carbocycles. The zero-order valence-corrected chi connectivity index (χ0v) is 16.1. The third kappa shape index (κ3) is 2.93. The van der Waals surface area contributed by atoms with Crippen molar-refractivity contribution in [1.82, 2.24) is 9.55 Å². The highest BCUT2D eigenvalue weighted by molar-refractivity contribution is 6.08. The molecule has 0 fully saturated rings. The lowest BCUT2D eigenvalue weighted by Crippen LogP contribution is -2.50. The zero-order valence-electron chi connectivity index (χ0n) is 16.1. The van der Waals surface area contributed by atoms with Gasteiger partial charge in [-0.05, 0) is 24.3 Å². The number of nitrogens with zero attached hydrogens (tertiary/aromatic N) is 2.